The fourth-order valence-electron chi connectivity index (χ4n) is 2.90. The van der Waals surface area contributed by atoms with E-state index in [2.05, 4.69) is 4.98 Å². The Kier molecular flexibility index (Phi) is 4.27. The van der Waals surface area contributed by atoms with Gasteiger partial charge < -0.3 is 4.90 Å². The fraction of sp³-hybridized carbons (Fsp3) is 0.333. The highest BCUT2D eigenvalue weighted by Gasteiger charge is 2.34. The molecule has 0 fully saturated rings. The molecule has 2 aromatic rings. The maximum atomic E-state index is 14.0. The molecule has 3 rings (SSSR count). The summed E-state index contributed by atoms with van der Waals surface area (Å²) in [4.78, 5) is 10.4. The van der Waals surface area contributed by atoms with E-state index in [-0.39, 0.29) is 10.7 Å². The number of nitrogens with zero attached hydrogens (tertiary/aromatic N) is 3. The van der Waals surface area contributed by atoms with Crippen molar-refractivity contribution in [1.82, 2.24) is 4.98 Å². The summed E-state index contributed by atoms with van der Waals surface area (Å²) in [5.41, 5.74) is 1.74. The molecule has 0 unspecified atom stereocenters. The zero-order valence-corrected chi connectivity index (χ0v) is 15.0. The number of fused-ring (bicyclic) bond motifs is 1. The summed E-state index contributed by atoms with van der Waals surface area (Å²) in [6.07, 6.45) is -1.27. The van der Waals surface area contributed by atoms with E-state index in [4.69, 9.17) is 16.6 Å². The van der Waals surface area contributed by atoms with Crippen LogP contribution in [0.4, 0.5) is 18.9 Å². The Bertz CT molecular complexity index is 878. The lowest BCUT2D eigenvalue weighted by atomic mass is 9.95. The van der Waals surface area contributed by atoms with Crippen LogP contribution >= 0.6 is 11.6 Å². The standard InChI is InChI=1S/C18H17ClF3N3/c1-9-7-10(8-23-14(9)17(21)22)15-11-5-6-12(20)13(19)16(11)25(4)18(2,3)24-15/h5-8,17H,1-4H3. The van der Waals surface area contributed by atoms with Crippen molar-refractivity contribution in [2.24, 2.45) is 4.99 Å². The first-order valence-electron chi connectivity index (χ1n) is 7.70. The number of halogens is 4. The van der Waals surface area contributed by atoms with Crippen molar-refractivity contribution < 1.29 is 13.2 Å². The fourth-order valence-corrected chi connectivity index (χ4v) is 3.20. The Morgan fingerprint density at radius 3 is 2.52 bits per heavy atom. The van der Waals surface area contributed by atoms with Crippen LogP contribution in [-0.4, -0.2) is 23.4 Å². The SMILES string of the molecule is Cc1cc(C2=NC(C)(C)N(C)c3c2ccc(F)c3Cl)cnc1C(F)F. The summed E-state index contributed by atoms with van der Waals surface area (Å²) in [5.74, 6) is -0.522. The molecule has 0 saturated heterocycles. The molecule has 0 saturated carbocycles. The van der Waals surface area contributed by atoms with Crippen LogP contribution in [0.3, 0.4) is 0 Å². The summed E-state index contributed by atoms with van der Waals surface area (Å²) < 4.78 is 39.9. The van der Waals surface area contributed by atoms with Gasteiger partial charge in [-0.2, -0.15) is 0 Å². The monoisotopic (exact) mass is 367 g/mol. The summed E-state index contributed by atoms with van der Waals surface area (Å²) >= 11 is 6.20. The van der Waals surface area contributed by atoms with Gasteiger partial charge in [-0.15, -0.1) is 0 Å². The second kappa shape index (κ2) is 6.02. The minimum atomic E-state index is -2.64. The molecule has 1 aliphatic rings. The molecule has 0 aliphatic carbocycles. The quantitative estimate of drug-likeness (QED) is 0.735. The highest BCUT2D eigenvalue weighted by molar-refractivity contribution is 6.35. The van der Waals surface area contributed by atoms with Gasteiger partial charge in [-0.05, 0) is 44.5 Å². The molecule has 7 heteroatoms. The van der Waals surface area contributed by atoms with Crippen molar-refractivity contribution in [2.45, 2.75) is 32.9 Å². The highest BCUT2D eigenvalue weighted by Crippen LogP contribution is 2.40. The third kappa shape index (κ3) is 2.88. The van der Waals surface area contributed by atoms with Gasteiger partial charge in [-0.1, -0.05) is 11.6 Å². The smallest absolute Gasteiger partial charge is 0.280 e. The molecule has 0 spiro atoms. The average Bonchev–Trinajstić information content (AvgIpc) is 2.53. The van der Waals surface area contributed by atoms with E-state index in [1.807, 2.05) is 13.8 Å². The largest absolute Gasteiger partial charge is 0.349 e. The zero-order chi connectivity index (χ0) is 18.5. The van der Waals surface area contributed by atoms with Gasteiger partial charge in [-0.3, -0.25) is 9.98 Å². The molecular formula is C18H17ClF3N3. The Hall–Kier alpha value is -2.08. The van der Waals surface area contributed by atoms with Crippen LogP contribution in [0.2, 0.25) is 5.02 Å². The summed E-state index contributed by atoms with van der Waals surface area (Å²) in [7, 11) is 1.79. The Morgan fingerprint density at radius 2 is 1.92 bits per heavy atom. The molecule has 1 aliphatic heterocycles. The Balaban J connectivity index is 2.23. The van der Waals surface area contributed by atoms with E-state index < -0.39 is 17.9 Å². The lowest BCUT2D eigenvalue weighted by molar-refractivity contribution is 0.145. The van der Waals surface area contributed by atoms with Gasteiger partial charge in [0, 0.05) is 24.4 Å². The molecule has 132 valence electrons. The number of pyridine rings is 1. The second-order valence-electron chi connectivity index (χ2n) is 6.50. The van der Waals surface area contributed by atoms with Gasteiger partial charge in [-0.25, -0.2) is 13.2 Å². The molecular weight excluding hydrogens is 351 g/mol. The van der Waals surface area contributed by atoms with Crippen LogP contribution < -0.4 is 4.90 Å². The first-order valence-corrected chi connectivity index (χ1v) is 8.08. The van der Waals surface area contributed by atoms with Crippen LogP contribution in [0.15, 0.2) is 29.4 Å². The van der Waals surface area contributed by atoms with Crippen molar-refractivity contribution in [2.75, 3.05) is 11.9 Å². The summed E-state index contributed by atoms with van der Waals surface area (Å²) in [6, 6.07) is 4.49. The van der Waals surface area contributed by atoms with Crippen LogP contribution in [0.1, 0.15) is 42.7 Å². The third-order valence-corrected chi connectivity index (χ3v) is 4.82. The summed E-state index contributed by atoms with van der Waals surface area (Å²) in [5, 5.41) is 0.00866. The van der Waals surface area contributed by atoms with Gasteiger partial charge in [0.15, 0.2) is 0 Å². The molecule has 25 heavy (non-hydrogen) atoms. The van der Waals surface area contributed by atoms with Gasteiger partial charge in [0.1, 0.15) is 22.2 Å². The normalized spacial score (nSPS) is 16.0. The van der Waals surface area contributed by atoms with Crippen LogP contribution in [0.5, 0.6) is 0 Å². The second-order valence-corrected chi connectivity index (χ2v) is 6.88. The molecule has 0 atom stereocenters. The summed E-state index contributed by atoms with van der Waals surface area (Å²) in [6.45, 7) is 5.31. The zero-order valence-electron chi connectivity index (χ0n) is 14.2. The van der Waals surface area contributed by atoms with E-state index in [1.165, 1.54) is 12.3 Å². The first-order chi connectivity index (χ1) is 11.6. The number of benzene rings is 1. The molecule has 0 radical (unpaired) electrons. The van der Waals surface area contributed by atoms with Crippen molar-refractivity contribution in [1.29, 1.82) is 0 Å². The van der Waals surface area contributed by atoms with Gasteiger partial charge in [0.2, 0.25) is 0 Å². The molecule has 1 aromatic heterocycles. The van der Waals surface area contributed by atoms with E-state index in [1.54, 1.807) is 31.0 Å². The maximum Gasteiger partial charge on any atom is 0.280 e. The molecule has 2 heterocycles. The highest BCUT2D eigenvalue weighted by atomic mass is 35.5. The van der Waals surface area contributed by atoms with Crippen LogP contribution in [0.25, 0.3) is 0 Å². The predicted molar refractivity (Wildman–Crippen MR) is 93.5 cm³/mol. The number of aliphatic imine (C=N–C) groups is 1. The lowest BCUT2D eigenvalue weighted by Gasteiger charge is -2.40. The molecule has 0 bridgehead atoms. The molecule has 3 nitrogen and oxygen atoms in total. The van der Waals surface area contributed by atoms with E-state index in [9.17, 15) is 13.2 Å². The number of alkyl halides is 2. The van der Waals surface area contributed by atoms with Gasteiger partial charge in [0.05, 0.1) is 11.4 Å². The van der Waals surface area contributed by atoms with E-state index in [0.29, 0.717) is 28.1 Å². The maximum absolute atomic E-state index is 14.0. The number of hydrogen-bond donors (Lipinski definition) is 0. The number of hydrogen-bond acceptors (Lipinski definition) is 3. The Labute approximate surface area is 149 Å². The third-order valence-electron chi connectivity index (χ3n) is 4.46. The van der Waals surface area contributed by atoms with Crippen LogP contribution in [-0.2, 0) is 0 Å². The number of rotatable bonds is 2. The van der Waals surface area contributed by atoms with E-state index >= 15 is 0 Å². The molecule has 0 N–H and O–H groups in total. The number of aryl methyl sites for hydroxylation is 1. The van der Waals surface area contributed by atoms with Crippen molar-refractivity contribution in [3.63, 3.8) is 0 Å². The number of aromatic nitrogens is 1. The molecule has 0 amide bonds. The minimum Gasteiger partial charge on any atom is -0.349 e. The molecule has 1 aromatic carbocycles. The average molecular weight is 368 g/mol. The lowest BCUT2D eigenvalue weighted by Crippen LogP contribution is -2.44. The Morgan fingerprint density at radius 1 is 1.24 bits per heavy atom. The number of anilines is 1. The predicted octanol–water partition coefficient (Wildman–Crippen LogP) is 5.14. The van der Waals surface area contributed by atoms with E-state index in [0.717, 1.165) is 0 Å². The van der Waals surface area contributed by atoms with Crippen molar-refractivity contribution in [3.05, 3.63) is 57.6 Å². The van der Waals surface area contributed by atoms with Crippen LogP contribution in [0, 0.1) is 12.7 Å². The minimum absolute atomic E-state index is 0.00866. The van der Waals surface area contributed by atoms with Crippen molar-refractivity contribution in [3.8, 4) is 0 Å². The van der Waals surface area contributed by atoms with Gasteiger partial charge >= 0.3 is 0 Å². The van der Waals surface area contributed by atoms with Crippen molar-refractivity contribution >= 4 is 23.0 Å². The topological polar surface area (TPSA) is 28.5 Å². The van der Waals surface area contributed by atoms with Gasteiger partial charge in [0.25, 0.3) is 6.43 Å². The first kappa shape index (κ1) is 17.7.